The summed E-state index contributed by atoms with van der Waals surface area (Å²) in [6.07, 6.45) is 1.65. The number of carboxylic acid groups (broad SMARTS) is 1. The van der Waals surface area contributed by atoms with Crippen molar-refractivity contribution in [3.05, 3.63) is 42.1 Å². The molecule has 0 saturated heterocycles. The van der Waals surface area contributed by atoms with Crippen LogP contribution in [0.4, 0.5) is 0 Å². The number of carbonyl (C=O) groups is 1. The molecule has 1 aromatic heterocycles. The van der Waals surface area contributed by atoms with Gasteiger partial charge in [0, 0.05) is 18.8 Å². The maximum absolute atomic E-state index is 11.0. The minimum absolute atomic E-state index is 0.293. The first-order valence-electron chi connectivity index (χ1n) is 4.51. The van der Waals surface area contributed by atoms with Gasteiger partial charge in [-0.05, 0) is 12.1 Å². The van der Waals surface area contributed by atoms with Gasteiger partial charge in [-0.3, -0.25) is 4.68 Å². The quantitative estimate of drug-likeness (QED) is 0.807. The molecule has 1 heterocycles. The Morgan fingerprint density at radius 1 is 1.33 bits per heavy atom. The first kappa shape index (κ1) is 9.45. The Labute approximate surface area is 86.8 Å². The fourth-order valence-electron chi connectivity index (χ4n) is 1.53. The summed E-state index contributed by atoms with van der Waals surface area (Å²) in [5.74, 6) is -0.924. The highest BCUT2D eigenvalue weighted by atomic mass is 16.4. The molecule has 0 aliphatic heterocycles. The average molecular weight is 202 g/mol. The summed E-state index contributed by atoms with van der Waals surface area (Å²) in [5.41, 5.74) is 1.78. The van der Waals surface area contributed by atoms with Crippen LogP contribution in [0.1, 0.15) is 10.4 Å². The fraction of sp³-hybridized carbons (Fsp3) is 0.0909. The van der Waals surface area contributed by atoms with E-state index < -0.39 is 5.97 Å². The largest absolute Gasteiger partial charge is 0.478 e. The third kappa shape index (κ3) is 1.61. The zero-order valence-corrected chi connectivity index (χ0v) is 8.21. The molecule has 1 aromatic carbocycles. The summed E-state index contributed by atoms with van der Waals surface area (Å²) in [6.45, 7) is 0. The third-order valence-corrected chi connectivity index (χ3v) is 2.25. The van der Waals surface area contributed by atoms with Gasteiger partial charge in [0.1, 0.15) is 0 Å². The predicted octanol–water partition coefficient (Wildman–Crippen LogP) is 1.79. The molecular formula is C11H10N2O2. The smallest absolute Gasteiger partial charge is 0.336 e. The van der Waals surface area contributed by atoms with E-state index in [-0.39, 0.29) is 0 Å². The Kier molecular flexibility index (Phi) is 2.25. The van der Waals surface area contributed by atoms with Crippen LogP contribution in [0.5, 0.6) is 0 Å². The number of rotatable bonds is 2. The fourth-order valence-corrected chi connectivity index (χ4v) is 1.53. The van der Waals surface area contributed by atoms with Crippen LogP contribution in [0.3, 0.4) is 0 Å². The summed E-state index contributed by atoms with van der Waals surface area (Å²) in [4.78, 5) is 11.0. The maximum Gasteiger partial charge on any atom is 0.336 e. The third-order valence-electron chi connectivity index (χ3n) is 2.25. The molecule has 0 aliphatic rings. The molecule has 0 atom stereocenters. The molecule has 0 saturated carbocycles. The van der Waals surface area contributed by atoms with Gasteiger partial charge in [0.05, 0.1) is 11.3 Å². The highest BCUT2D eigenvalue weighted by Crippen LogP contribution is 2.22. The number of aryl methyl sites for hydroxylation is 1. The lowest BCUT2D eigenvalue weighted by Crippen LogP contribution is -2.02. The van der Waals surface area contributed by atoms with Crippen molar-refractivity contribution in [2.45, 2.75) is 0 Å². The topological polar surface area (TPSA) is 55.1 Å². The van der Waals surface area contributed by atoms with Gasteiger partial charge in [-0.15, -0.1) is 0 Å². The van der Waals surface area contributed by atoms with Crippen molar-refractivity contribution in [3.8, 4) is 11.3 Å². The van der Waals surface area contributed by atoms with Crippen LogP contribution >= 0.6 is 0 Å². The lowest BCUT2D eigenvalue weighted by molar-refractivity contribution is 0.0697. The molecule has 0 bridgehead atoms. The molecule has 4 heteroatoms. The van der Waals surface area contributed by atoms with E-state index in [2.05, 4.69) is 5.10 Å². The summed E-state index contributed by atoms with van der Waals surface area (Å²) < 4.78 is 1.65. The van der Waals surface area contributed by atoms with Crippen molar-refractivity contribution in [1.29, 1.82) is 0 Å². The van der Waals surface area contributed by atoms with Crippen LogP contribution in [0.15, 0.2) is 36.5 Å². The summed E-state index contributed by atoms with van der Waals surface area (Å²) in [5, 5.41) is 13.0. The van der Waals surface area contributed by atoms with Gasteiger partial charge in [-0.2, -0.15) is 5.10 Å². The van der Waals surface area contributed by atoms with Crippen molar-refractivity contribution in [2.75, 3.05) is 0 Å². The van der Waals surface area contributed by atoms with E-state index in [4.69, 9.17) is 5.11 Å². The maximum atomic E-state index is 11.0. The molecule has 0 aliphatic carbocycles. The van der Waals surface area contributed by atoms with Gasteiger partial charge in [-0.25, -0.2) is 4.79 Å². The summed E-state index contributed by atoms with van der Waals surface area (Å²) in [7, 11) is 1.79. The number of aromatic nitrogens is 2. The highest BCUT2D eigenvalue weighted by molar-refractivity contribution is 5.95. The molecule has 0 spiro atoms. The molecule has 4 nitrogen and oxygen atoms in total. The Hall–Kier alpha value is -2.10. The Morgan fingerprint density at radius 3 is 2.67 bits per heavy atom. The molecular weight excluding hydrogens is 192 g/mol. The second-order valence-corrected chi connectivity index (χ2v) is 3.19. The van der Waals surface area contributed by atoms with E-state index in [0.717, 1.165) is 5.69 Å². The van der Waals surface area contributed by atoms with E-state index >= 15 is 0 Å². The van der Waals surface area contributed by atoms with Crippen molar-refractivity contribution >= 4 is 5.97 Å². The van der Waals surface area contributed by atoms with E-state index in [1.54, 1.807) is 42.2 Å². The normalized spacial score (nSPS) is 10.2. The minimum Gasteiger partial charge on any atom is -0.478 e. The second kappa shape index (κ2) is 3.57. The number of aromatic carboxylic acids is 1. The van der Waals surface area contributed by atoms with E-state index in [1.165, 1.54) is 0 Å². The van der Waals surface area contributed by atoms with Gasteiger partial charge < -0.3 is 5.11 Å². The van der Waals surface area contributed by atoms with Gasteiger partial charge in [0.2, 0.25) is 0 Å². The second-order valence-electron chi connectivity index (χ2n) is 3.19. The van der Waals surface area contributed by atoms with E-state index in [0.29, 0.717) is 11.1 Å². The Bertz CT molecular complexity index is 503. The standard InChI is InChI=1S/C11H10N2O2/c1-13-10(6-7-12-13)8-4-2-3-5-9(8)11(14)15/h2-7H,1H3,(H,14,15). The van der Waals surface area contributed by atoms with Gasteiger partial charge in [0.15, 0.2) is 0 Å². The van der Waals surface area contributed by atoms with Crippen LogP contribution in [-0.2, 0) is 7.05 Å². The van der Waals surface area contributed by atoms with Gasteiger partial charge in [-0.1, -0.05) is 18.2 Å². The molecule has 0 radical (unpaired) electrons. The Balaban J connectivity index is 2.63. The monoisotopic (exact) mass is 202 g/mol. The summed E-state index contributed by atoms with van der Waals surface area (Å²) >= 11 is 0. The highest BCUT2D eigenvalue weighted by Gasteiger charge is 2.12. The molecule has 0 amide bonds. The SMILES string of the molecule is Cn1nccc1-c1ccccc1C(=O)O. The Morgan fingerprint density at radius 2 is 2.07 bits per heavy atom. The number of hydrogen-bond donors (Lipinski definition) is 1. The number of benzene rings is 1. The molecule has 76 valence electrons. The first-order chi connectivity index (χ1) is 7.20. The van der Waals surface area contributed by atoms with E-state index in [1.807, 2.05) is 6.07 Å². The number of hydrogen-bond acceptors (Lipinski definition) is 2. The van der Waals surface area contributed by atoms with Crippen molar-refractivity contribution < 1.29 is 9.90 Å². The van der Waals surface area contributed by atoms with Crippen LogP contribution in [-0.4, -0.2) is 20.9 Å². The van der Waals surface area contributed by atoms with Gasteiger partial charge >= 0.3 is 5.97 Å². The first-order valence-corrected chi connectivity index (χ1v) is 4.51. The number of carboxylic acids is 1. The average Bonchev–Trinajstić information content (AvgIpc) is 2.64. The van der Waals surface area contributed by atoms with Crippen molar-refractivity contribution in [3.63, 3.8) is 0 Å². The van der Waals surface area contributed by atoms with Crippen molar-refractivity contribution in [2.24, 2.45) is 7.05 Å². The zero-order valence-electron chi connectivity index (χ0n) is 8.21. The van der Waals surface area contributed by atoms with E-state index in [9.17, 15) is 4.79 Å². The van der Waals surface area contributed by atoms with Crippen LogP contribution < -0.4 is 0 Å². The molecule has 2 aromatic rings. The molecule has 0 unspecified atom stereocenters. The lowest BCUT2D eigenvalue weighted by Gasteiger charge is -2.05. The molecule has 15 heavy (non-hydrogen) atoms. The molecule has 2 rings (SSSR count). The zero-order chi connectivity index (χ0) is 10.8. The number of nitrogens with zero attached hydrogens (tertiary/aromatic N) is 2. The minimum atomic E-state index is -0.924. The molecule has 0 fully saturated rings. The van der Waals surface area contributed by atoms with Crippen LogP contribution in [0.2, 0.25) is 0 Å². The van der Waals surface area contributed by atoms with Crippen molar-refractivity contribution in [1.82, 2.24) is 9.78 Å². The van der Waals surface area contributed by atoms with Gasteiger partial charge in [0.25, 0.3) is 0 Å². The van der Waals surface area contributed by atoms with Crippen LogP contribution in [0.25, 0.3) is 11.3 Å². The lowest BCUT2D eigenvalue weighted by atomic mass is 10.0. The predicted molar refractivity (Wildman–Crippen MR) is 55.6 cm³/mol. The van der Waals surface area contributed by atoms with Crippen LogP contribution in [0, 0.1) is 0 Å². The summed E-state index contributed by atoms with van der Waals surface area (Å²) in [6, 6.07) is 8.69. The molecule has 1 N–H and O–H groups in total.